The molecule has 0 atom stereocenters. The first-order valence-electron chi connectivity index (χ1n) is 5.91. The first kappa shape index (κ1) is 13.3. The van der Waals surface area contributed by atoms with Gasteiger partial charge in [-0.15, -0.1) is 0 Å². The highest BCUT2D eigenvalue weighted by Gasteiger charge is 2.13. The molecule has 3 nitrogen and oxygen atoms in total. The van der Waals surface area contributed by atoms with Crippen LogP contribution < -0.4 is 0 Å². The van der Waals surface area contributed by atoms with Gasteiger partial charge in [0, 0.05) is 19.6 Å². The first-order valence-corrected chi connectivity index (χ1v) is 7.30. The van der Waals surface area contributed by atoms with Gasteiger partial charge >= 0.3 is 0 Å². The molecule has 0 aliphatic carbocycles. The first-order chi connectivity index (χ1) is 7.36. The van der Waals surface area contributed by atoms with Gasteiger partial charge in [-0.05, 0) is 44.5 Å². The fourth-order valence-corrected chi connectivity index (χ4v) is 2.46. The van der Waals surface area contributed by atoms with E-state index in [-0.39, 0.29) is 0 Å². The standard InChI is InChI=1S/C11H24N2OS/c1-15-11-3-6-12-4-2-5-13(8-7-12)9-10-14/h14H,2-11H2,1H3. The van der Waals surface area contributed by atoms with Gasteiger partial charge in [0.1, 0.15) is 0 Å². The molecule has 15 heavy (non-hydrogen) atoms. The molecule has 1 rings (SSSR count). The molecule has 4 heteroatoms. The molecule has 0 saturated carbocycles. The Morgan fingerprint density at radius 2 is 1.73 bits per heavy atom. The summed E-state index contributed by atoms with van der Waals surface area (Å²) in [5.74, 6) is 1.27. The number of aliphatic hydroxyl groups excluding tert-OH is 1. The third-order valence-electron chi connectivity index (χ3n) is 2.92. The lowest BCUT2D eigenvalue weighted by Crippen LogP contribution is -2.33. The summed E-state index contributed by atoms with van der Waals surface area (Å²) < 4.78 is 0. The normalized spacial score (nSPS) is 20.4. The molecule has 0 unspecified atom stereocenters. The van der Waals surface area contributed by atoms with E-state index in [4.69, 9.17) is 5.11 Å². The molecule has 0 bridgehead atoms. The number of nitrogens with zero attached hydrogens (tertiary/aromatic N) is 2. The van der Waals surface area contributed by atoms with Gasteiger partial charge in [-0.1, -0.05) is 0 Å². The zero-order valence-corrected chi connectivity index (χ0v) is 10.6. The smallest absolute Gasteiger partial charge is 0.0558 e. The van der Waals surface area contributed by atoms with Crippen molar-refractivity contribution in [3.63, 3.8) is 0 Å². The van der Waals surface area contributed by atoms with Crippen molar-refractivity contribution in [3.8, 4) is 0 Å². The maximum atomic E-state index is 8.89. The van der Waals surface area contributed by atoms with Gasteiger partial charge in [0.2, 0.25) is 0 Å². The molecule has 0 aromatic carbocycles. The van der Waals surface area contributed by atoms with Crippen LogP contribution in [0.3, 0.4) is 0 Å². The molecule has 0 aromatic rings. The summed E-state index contributed by atoms with van der Waals surface area (Å²) in [6.07, 6.45) is 4.73. The predicted octanol–water partition coefficient (Wildman–Crippen LogP) is 0.739. The summed E-state index contributed by atoms with van der Waals surface area (Å²) in [5.41, 5.74) is 0. The average molecular weight is 232 g/mol. The van der Waals surface area contributed by atoms with Crippen LogP contribution in [0.5, 0.6) is 0 Å². The minimum absolute atomic E-state index is 0.298. The third kappa shape index (κ3) is 5.76. The minimum atomic E-state index is 0.298. The Balaban J connectivity index is 2.14. The van der Waals surface area contributed by atoms with Gasteiger partial charge < -0.3 is 10.0 Å². The summed E-state index contributed by atoms with van der Waals surface area (Å²) in [5, 5.41) is 8.89. The Morgan fingerprint density at radius 1 is 1.07 bits per heavy atom. The van der Waals surface area contributed by atoms with Crippen molar-refractivity contribution in [2.24, 2.45) is 0 Å². The monoisotopic (exact) mass is 232 g/mol. The van der Waals surface area contributed by atoms with Crippen LogP contribution in [0.4, 0.5) is 0 Å². The van der Waals surface area contributed by atoms with Crippen molar-refractivity contribution >= 4 is 11.8 Å². The van der Waals surface area contributed by atoms with Crippen LogP contribution >= 0.6 is 11.8 Å². The van der Waals surface area contributed by atoms with E-state index in [1.54, 1.807) is 0 Å². The summed E-state index contributed by atoms with van der Waals surface area (Å²) in [6.45, 7) is 7.07. The molecule has 0 spiro atoms. The molecule has 0 amide bonds. The fourth-order valence-electron chi connectivity index (χ4n) is 2.05. The van der Waals surface area contributed by atoms with Crippen LogP contribution in [-0.2, 0) is 0 Å². The van der Waals surface area contributed by atoms with Crippen LogP contribution in [-0.4, -0.2) is 72.8 Å². The molecule has 0 aromatic heterocycles. The lowest BCUT2D eigenvalue weighted by Gasteiger charge is -2.20. The number of hydrogen-bond donors (Lipinski definition) is 1. The molecule has 1 fully saturated rings. The maximum Gasteiger partial charge on any atom is 0.0558 e. The predicted molar refractivity (Wildman–Crippen MR) is 67.6 cm³/mol. The molecule has 1 heterocycles. The molecular formula is C11H24N2OS. The highest BCUT2D eigenvalue weighted by atomic mass is 32.2. The van der Waals surface area contributed by atoms with Crippen LogP contribution in [0.25, 0.3) is 0 Å². The van der Waals surface area contributed by atoms with E-state index in [9.17, 15) is 0 Å². The van der Waals surface area contributed by atoms with Crippen molar-refractivity contribution in [2.75, 3.05) is 57.9 Å². The van der Waals surface area contributed by atoms with E-state index >= 15 is 0 Å². The Kier molecular flexibility index (Phi) is 7.44. The number of thioether (sulfide) groups is 1. The fraction of sp³-hybridized carbons (Fsp3) is 1.00. The van der Waals surface area contributed by atoms with Crippen LogP contribution in [0, 0.1) is 0 Å². The second-order valence-corrected chi connectivity index (χ2v) is 5.09. The van der Waals surface area contributed by atoms with Gasteiger partial charge in [0.25, 0.3) is 0 Å². The van der Waals surface area contributed by atoms with Gasteiger partial charge in [-0.2, -0.15) is 11.8 Å². The molecule has 90 valence electrons. The molecule has 1 N–H and O–H groups in total. The van der Waals surface area contributed by atoms with E-state index < -0.39 is 0 Å². The Morgan fingerprint density at radius 3 is 2.33 bits per heavy atom. The number of rotatable bonds is 6. The largest absolute Gasteiger partial charge is 0.395 e. The lowest BCUT2D eigenvalue weighted by molar-refractivity contribution is 0.197. The Bertz CT molecular complexity index is 158. The highest BCUT2D eigenvalue weighted by Crippen LogP contribution is 2.04. The van der Waals surface area contributed by atoms with Crippen molar-refractivity contribution in [3.05, 3.63) is 0 Å². The van der Waals surface area contributed by atoms with Gasteiger partial charge in [-0.25, -0.2) is 0 Å². The minimum Gasteiger partial charge on any atom is -0.395 e. The van der Waals surface area contributed by atoms with Crippen LogP contribution in [0.2, 0.25) is 0 Å². The molecule has 1 aliphatic rings. The molecule has 1 aliphatic heterocycles. The van der Waals surface area contributed by atoms with E-state index in [0.717, 1.165) is 19.6 Å². The zero-order valence-electron chi connectivity index (χ0n) is 9.82. The third-order valence-corrected chi connectivity index (χ3v) is 3.62. The zero-order chi connectivity index (χ0) is 10.9. The van der Waals surface area contributed by atoms with Crippen molar-refractivity contribution in [1.29, 1.82) is 0 Å². The Hall–Kier alpha value is 0.230. The number of β-amino-alcohol motifs (C(OH)–C–C–N with tert-alkyl or cyclic N) is 1. The summed E-state index contributed by atoms with van der Waals surface area (Å²) in [6, 6.07) is 0. The van der Waals surface area contributed by atoms with Crippen LogP contribution in [0.15, 0.2) is 0 Å². The quantitative estimate of drug-likeness (QED) is 0.683. The average Bonchev–Trinajstić information content (AvgIpc) is 2.45. The second kappa shape index (κ2) is 8.39. The van der Waals surface area contributed by atoms with E-state index in [2.05, 4.69) is 16.1 Å². The summed E-state index contributed by atoms with van der Waals surface area (Å²) in [4.78, 5) is 4.93. The SMILES string of the molecule is CSCCCN1CCCN(CCO)CC1. The Labute approximate surface area is 97.8 Å². The van der Waals surface area contributed by atoms with Crippen molar-refractivity contribution < 1.29 is 5.11 Å². The highest BCUT2D eigenvalue weighted by molar-refractivity contribution is 7.98. The number of aliphatic hydroxyl groups is 1. The van der Waals surface area contributed by atoms with E-state index in [0.29, 0.717) is 6.61 Å². The molecule has 1 saturated heterocycles. The van der Waals surface area contributed by atoms with Gasteiger partial charge in [0.05, 0.1) is 6.61 Å². The maximum absolute atomic E-state index is 8.89. The topological polar surface area (TPSA) is 26.7 Å². The van der Waals surface area contributed by atoms with Crippen LogP contribution in [0.1, 0.15) is 12.8 Å². The number of hydrogen-bond acceptors (Lipinski definition) is 4. The molecular weight excluding hydrogens is 208 g/mol. The molecule has 0 radical (unpaired) electrons. The van der Waals surface area contributed by atoms with E-state index in [1.165, 1.54) is 38.2 Å². The summed E-state index contributed by atoms with van der Waals surface area (Å²) >= 11 is 1.93. The second-order valence-electron chi connectivity index (χ2n) is 4.11. The summed E-state index contributed by atoms with van der Waals surface area (Å²) in [7, 11) is 0. The van der Waals surface area contributed by atoms with E-state index in [1.807, 2.05) is 11.8 Å². The lowest BCUT2D eigenvalue weighted by atomic mass is 10.3. The van der Waals surface area contributed by atoms with Gasteiger partial charge in [0.15, 0.2) is 0 Å². The van der Waals surface area contributed by atoms with Crippen molar-refractivity contribution in [1.82, 2.24) is 9.80 Å². The van der Waals surface area contributed by atoms with Gasteiger partial charge in [-0.3, -0.25) is 4.90 Å². The van der Waals surface area contributed by atoms with Crippen molar-refractivity contribution in [2.45, 2.75) is 12.8 Å².